The molecule has 3 rings (SSSR count). The molecule has 0 bridgehead atoms. The standard InChI is InChI=1S/C13H13BrN4OS/c14-9-5-3-8(4-6-9)12-17-18-13(20-12)16-11(19)10-2-1-7-15-10/h3-6,10,15H,1-2,7H2,(H,16,18,19)/t10-/m0/s1. The third kappa shape index (κ3) is 3.05. The maximum absolute atomic E-state index is 12.0. The summed E-state index contributed by atoms with van der Waals surface area (Å²) in [5.41, 5.74) is 0.991. The van der Waals surface area contributed by atoms with Gasteiger partial charge in [-0.05, 0) is 31.5 Å². The minimum Gasteiger partial charge on any atom is -0.306 e. The summed E-state index contributed by atoms with van der Waals surface area (Å²) in [5, 5.41) is 15.5. The quantitative estimate of drug-likeness (QED) is 0.890. The summed E-state index contributed by atoms with van der Waals surface area (Å²) in [6.07, 6.45) is 1.92. The van der Waals surface area contributed by atoms with E-state index < -0.39 is 0 Å². The van der Waals surface area contributed by atoms with E-state index in [1.807, 2.05) is 24.3 Å². The predicted molar refractivity (Wildman–Crippen MR) is 82.7 cm³/mol. The van der Waals surface area contributed by atoms with Crippen molar-refractivity contribution < 1.29 is 4.79 Å². The Labute approximate surface area is 128 Å². The second kappa shape index (κ2) is 5.99. The van der Waals surface area contributed by atoms with Crippen molar-refractivity contribution >= 4 is 38.3 Å². The monoisotopic (exact) mass is 352 g/mol. The fraction of sp³-hybridized carbons (Fsp3) is 0.308. The van der Waals surface area contributed by atoms with Gasteiger partial charge in [-0.15, -0.1) is 10.2 Å². The van der Waals surface area contributed by atoms with Gasteiger partial charge in [0, 0.05) is 10.0 Å². The third-order valence-corrected chi connectivity index (χ3v) is 4.54. The van der Waals surface area contributed by atoms with Gasteiger partial charge in [0.15, 0.2) is 0 Å². The first kappa shape index (κ1) is 13.7. The fourth-order valence-electron chi connectivity index (χ4n) is 2.08. The van der Waals surface area contributed by atoms with Crippen molar-refractivity contribution in [3.8, 4) is 10.6 Å². The van der Waals surface area contributed by atoms with E-state index in [1.165, 1.54) is 11.3 Å². The number of rotatable bonds is 3. The van der Waals surface area contributed by atoms with E-state index in [0.717, 1.165) is 34.4 Å². The maximum atomic E-state index is 12.0. The Balaban J connectivity index is 1.70. The van der Waals surface area contributed by atoms with Crippen molar-refractivity contribution in [1.29, 1.82) is 0 Å². The van der Waals surface area contributed by atoms with Crippen LogP contribution in [0.25, 0.3) is 10.6 Å². The van der Waals surface area contributed by atoms with Gasteiger partial charge in [-0.25, -0.2) is 0 Å². The Kier molecular flexibility index (Phi) is 4.09. The van der Waals surface area contributed by atoms with Crippen LogP contribution in [0.2, 0.25) is 0 Å². The summed E-state index contributed by atoms with van der Waals surface area (Å²) >= 11 is 4.78. The van der Waals surface area contributed by atoms with E-state index in [-0.39, 0.29) is 11.9 Å². The molecule has 1 aliphatic rings. The number of carbonyl (C=O) groups excluding carboxylic acids is 1. The number of nitrogens with one attached hydrogen (secondary N) is 2. The Morgan fingerprint density at radius 3 is 2.85 bits per heavy atom. The van der Waals surface area contributed by atoms with Gasteiger partial charge in [-0.2, -0.15) is 0 Å². The minimum absolute atomic E-state index is 0.0268. The molecule has 2 N–H and O–H groups in total. The first-order chi connectivity index (χ1) is 9.72. The van der Waals surface area contributed by atoms with Gasteiger partial charge in [-0.1, -0.05) is 39.4 Å². The lowest BCUT2D eigenvalue weighted by Crippen LogP contribution is -2.35. The molecule has 1 fully saturated rings. The summed E-state index contributed by atoms with van der Waals surface area (Å²) in [6.45, 7) is 0.901. The lowest BCUT2D eigenvalue weighted by atomic mass is 10.2. The van der Waals surface area contributed by atoms with Crippen LogP contribution in [0.15, 0.2) is 28.7 Å². The second-order valence-corrected chi connectivity index (χ2v) is 6.45. The second-order valence-electron chi connectivity index (χ2n) is 4.56. The predicted octanol–water partition coefficient (Wildman–Crippen LogP) is 2.66. The molecule has 1 amide bonds. The van der Waals surface area contributed by atoms with E-state index in [9.17, 15) is 4.79 Å². The zero-order valence-electron chi connectivity index (χ0n) is 10.6. The van der Waals surface area contributed by atoms with E-state index in [0.29, 0.717) is 5.13 Å². The molecule has 7 heteroatoms. The van der Waals surface area contributed by atoms with Crippen LogP contribution < -0.4 is 10.6 Å². The van der Waals surface area contributed by atoms with Crippen molar-refractivity contribution in [1.82, 2.24) is 15.5 Å². The van der Waals surface area contributed by atoms with Crippen LogP contribution in [0.5, 0.6) is 0 Å². The molecule has 1 atom stereocenters. The molecule has 0 saturated carbocycles. The van der Waals surface area contributed by atoms with Crippen molar-refractivity contribution in [3.63, 3.8) is 0 Å². The molecular weight excluding hydrogens is 340 g/mol. The average molecular weight is 353 g/mol. The topological polar surface area (TPSA) is 66.9 Å². The van der Waals surface area contributed by atoms with Crippen LogP contribution in [-0.4, -0.2) is 28.7 Å². The fourth-order valence-corrected chi connectivity index (χ4v) is 3.10. The van der Waals surface area contributed by atoms with Gasteiger partial charge >= 0.3 is 0 Å². The number of aromatic nitrogens is 2. The average Bonchev–Trinajstić information content (AvgIpc) is 3.10. The molecule has 1 aromatic carbocycles. The molecule has 2 aromatic rings. The van der Waals surface area contributed by atoms with Gasteiger partial charge in [0.05, 0.1) is 6.04 Å². The van der Waals surface area contributed by atoms with Crippen LogP contribution in [0, 0.1) is 0 Å². The van der Waals surface area contributed by atoms with Crippen molar-refractivity contribution in [3.05, 3.63) is 28.7 Å². The largest absolute Gasteiger partial charge is 0.306 e. The molecule has 1 aliphatic heterocycles. The summed E-state index contributed by atoms with van der Waals surface area (Å²) in [7, 11) is 0. The normalized spacial score (nSPS) is 18.1. The first-order valence-electron chi connectivity index (χ1n) is 6.36. The van der Waals surface area contributed by atoms with Crippen molar-refractivity contribution in [2.75, 3.05) is 11.9 Å². The molecule has 0 unspecified atom stereocenters. The van der Waals surface area contributed by atoms with E-state index in [4.69, 9.17) is 0 Å². The highest BCUT2D eigenvalue weighted by molar-refractivity contribution is 9.10. The van der Waals surface area contributed by atoms with E-state index >= 15 is 0 Å². The first-order valence-corrected chi connectivity index (χ1v) is 7.97. The van der Waals surface area contributed by atoms with Gasteiger partial charge in [0.1, 0.15) is 5.01 Å². The Bertz CT molecular complexity index is 607. The van der Waals surface area contributed by atoms with Gasteiger partial charge in [0.2, 0.25) is 11.0 Å². The highest BCUT2D eigenvalue weighted by atomic mass is 79.9. The lowest BCUT2D eigenvalue weighted by Gasteiger charge is -2.07. The molecule has 5 nitrogen and oxygen atoms in total. The molecule has 1 aromatic heterocycles. The highest BCUT2D eigenvalue weighted by Crippen LogP contribution is 2.27. The SMILES string of the molecule is O=C(Nc1nnc(-c2ccc(Br)cc2)s1)[C@@H]1CCCN1. The van der Waals surface area contributed by atoms with Crippen LogP contribution in [0.3, 0.4) is 0 Å². The number of amides is 1. The number of hydrogen-bond acceptors (Lipinski definition) is 5. The van der Waals surface area contributed by atoms with Crippen molar-refractivity contribution in [2.24, 2.45) is 0 Å². The maximum Gasteiger partial charge on any atom is 0.243 e. The molecule has 2 heterocycles. The van der Waals surface area contributed by atoms with Crippen LogP contribution in [0.4, 0.5) is 5.13 Å². The van der Waals surface area contributed by atoms with Crippen LogP contribution in [-0.2, 0) is 4.79 Å². The summed E-state index contributed by atoms with van der Waals surface area (Å²) in [6, 6.07) is 7.74. The molecule has 0 aliphatic carbocycles. The van der Waals surface area contributed by atoms with Gasteiger partial charge in [-0.3, -0.25) is 10.1 Å². The number of benzene rings is 1. The summed E-state index contributed by atoms with van der Waals surface area (Å²) in [4.78, 5) is 12.0. The molecule has 104 valence electrons. The van der Waals surface area contributed by atoms with Gasteiger partial charge in [0.25, 0.3) is 0 Å². The smallest absolute Gasteiger partial charge is 0.243 e. The highest BCUT2D eigenvalue weighted by Gasteiger charge is 2.22. The molecular formula is C13H13BrN4OS. The number of hydrogen-bond donors (Lipinski definition) is 2. The zero-order valence-corrected chi connectivity index (χ0v) is 13.0. The Hall–Kier alpha value is -1.31. The molecule has 0 spiro atoms. The van der Waals surface area contributed by atoms with Crippen LogP contribution in [0.1, 0.15) is 12.8 Å². The number of nitrogens with zero attached hydrogens (tertiary/aromatic N) is 2. The van der Waals surface area contributed by atoms with E-state index in [2.05, 4.69) is 36.8 Å². The Morgan fingerprint density at radius 1 is 1.35 bits per heavy atom. The number of halogens is 1. The van der Waals surface area contributed by atoms with Crippen molar-refractivity contribution in [2.45, 2.75) is 18.9 Å². The number of anilines is 1. The molecule has 0 radical (unpaired) electrons. The lowest BCUT2D eigenvalue weighted by molar-refractivity contribution is -0.117. The minimum atomic E-state index is -0.102. The summed E-state index contributed by atoms with van der Waals surface area (Å²) in [5.74, 6) is -0.0268. The van der Waals surface area contributed by atoms with Crippen LogP contribution >= 0.6 is 27.3 Å². The molecule has 20 heavy (non-hydrogen) atoms. The zero-order chi connectivity index (χ0) is 13.9. The molecule has 1 saturated heterocycles. The Morgan fingerprint density at radius 2 is 2.15 bits per heavy atom. The van der Waals surface area contributed by atoms with Gasteiger partial charge < -0.3 is 5.32 Å². The summed E-state index contributed by atoms with van der Waals surface area (Å²) < 4.78 is 1.02. The van der Waals surface area contributed by atoms with E-state index in [1.54, 1.807) is 0 Å². The number of carbonyl (C=O) groups is 1. The third-order valence-electron chi connectivity index (χ3n) is 3.12.